The van der Waals surface area contributed by atoms with E-state index in [4.69, 9.17) is 37.4 Å². The third-order valence-corrected chi connectivity index (χ3v) is 5.43. The van der Waals surface area contributed by atoms with Crippen LogP contribution in [0.1, 0.15) is 23.9 Å². The molecule has 164 valence electrons. The van der Waals surface area contributed by atoms with E-state index < -0.39 is 6.04 Å². The number of hydrogen-bond acceptors (Lipinski definition) is 5. The Labute approximate surface area is 190 Å². The Balaban J connectivity index is 1.76. The van der Waals surface area contributed by atoms with Crippen LogP contribution in [0.2, 0.25) is 10.0 Å². The highest BCUT2D eigenvalue weighted by Crippen LogP contribution is 2.32. The zero-order valence-electron chi connectivity index (χ0n) is 17.4. The summed E-state index contributed by atoms with van der Waals surface area (Å²) in [5.74, 6) is 2.11. The maximum absolute atomic E-state index is 12.7. The summed E-state index contributed by atoms with van der Waals surface area (Å²) in [5.41, 5.74) is 0.776. The highest BCUT2D eigenvalue weighted by molar-refractivity contribution is 6.42. The van der Waals surface area contributed by atoms with Gasteiger partial charge in [-0.25, -0.2) is 4.98 Å². The summed E-state index contributed by atoms with van der Waals surface area (Å²) in [7, 11) is 5.01. The molecule has 0 aliphatic rings. The fourth-order valence-electron chi connectivity index (χ4n) is 3.03. The van der Waals surface area contributed by atoms with Crippen LogP contribution in [0, 0.1) is 0 Å². The second-order valence-corrected chi connectivity index (χ2v) is 7.48. The van der Waals surface area contributed by atoms with E-state index in [9.17, 15) is 4.79 Å². The van der Waals surface area contributed by atoms with Gasteiger partial charge in [0, 0.05) is 25.5 Å². The summed E-state index contributed by atoms with van der Waals surface area (Å²) in [6.07, 6.45) is 3.61. The zero-order valence-corrected chi connectivity index (χ0v) is 18.9. The third kappa shape index (κ3) is 5.62. The number of carbonyl (C=O) groups is 1. The molecule has 1 unspecified atom stereocenters. The number of benzene rings is 2. The fraction of sp³-hybridized carbons (Fsp3) is 0.273. The Morgan fingerprint density at radius 3 is 2.48 bits per heavy atom. The van der Waals surface area contributed by atoms with Crippen LogP contribution in [-0.4, -0.2) is 36.3 Å². The van der Waals surface area contributed by atoms with E-state index in [0.29, 0.717) is 33.1 Å². The van der Waals surface area contributed by atoms with Crippen LogP contribution in [0.3, 0.4) is 0 Å². The largest absolute Gasteiger partial charge is 0.497 e. The van der Waals surface area contributed by atoms with Gasteiger partial charge in [-0.05, 0) is 29.8 Å². The van der Waals surface area contributed by atoms with Gasteiger partial charge in [0.25, 0.3) is 0 Å². The van der Waals surface area contributed by atoms with Crippen LogP contribution in [0.4, 0.5) is 0 Å². The van der Waals surface area contributed by atoms with E-state index in [-0.39, 0.29) is 18.9 Å². The van der Waals surface area contributed by atoms with E-state index in [1.807, 2.05) is 29.9 Å². The average molecular weight is 464 g/mol. The summed E-state index contributed by atoms with van der Waals surface area (Å²) < 4.78 is 18.2. The number of amides is 1. The van der Waals surface area contributed by atoms with E-state index in [0.717, 1.165) is 5.56 Å². The van der Waals surface area contributed by atoms with Crippen LogP contribution in [0.15, 0.2) is 48.8 Å². The van der Waals surface area contributed by atoms with Gasteiger partial charge in [0.2, 0.25) is 5.91 Å². The lowest BCUT2D eigenvalue weighted by atomic mass is 10.0. The molecule has 0 radical (unpaired) electrons. The third-order valence-electron chi connectivity index (χ3n) is 4.63. The summed E-state index contributed by atoms with van der Waals surface area (Å²) in [6, 6.07) is 10.0. The Morgan fingerprint density at radius 2 is 1.87 bits per heavy atom. The Kier molecular flexibility index (Phi) is 7.65. The van der Waals surface area contributed by atoms with Gasteiger partial charge in [-0.2, -0.15) is 0 Å². The number of ether oxygens (including phenoxy) is 3. The van der Waals surface area contributed by atoms with Crippen LogP contribution in [-0.2, 0) is 11.8 Å². The number of halogens is 2. The van der Waals surface area contributed by atoms with Crippen molar-refractivity contribution >= 4 is 29.1 Å². The fourth-order valence-corrected chi connectivity index (χ4v) is 3.38. The number of nitrogens with one attached hydrogen (secondary N) is 1. The van der Waals surface area contributed by atoms with Gasteiger partial charge in [-0.3, -0.25) is 4.79 Å². The smallest absolute Gasteiger partial charge is 0.224 e. The number of nitrogens with zero attached hydrogens (tertiary/aromatic N) is 2. The molecule has 1 heterocycles. The van der Waals surface area contributed by atoms with Crippen LogP contribution < -0.4 is 19.5 Å². The van der Waals surface area contributed by atoms with Crippen LogP contribution in [0.5, 0.6) is 17.2 Å². The number of carbonyl (C=O) groups excluding carboxylic acids is 1. The molecule has 0 saturated carbocycles. The van der Waals surface area contributed by atoms with Gasteiger partial charge in [0.1, 0.15) is 34.1 Å². The van der Waals surface area contributed by atoms with Gasteiger partial charge in [0.15, 0.2) is 0 Å². The molecule has 0 bridgehead atoms. The number of methoxy groups -OCH3 is 2. The van der Waals surface area contributed by atoms with Gasteiger partial charge in [-0.1, -0.05) is 29.3 Å². The number of aromatic nitrogens is 2. The predicted octanol–water partition coefficient (Wildman–Crippen LogP) is 4.42. The van der Waals surface area contributed by atoms with Gasteiger partial charge >= 0.3 is 0 Å². The van der Waals surface area contributed by atoms with E-state index in [1.54, 1.807) is 44.7 Å². The number of hydrogen-bond donors (Lipinski definition) is 1. The number of imidazole rings is 1. The first-order valence-electron chi connectivity index (χ1n) is 9.49. The Bertz CT molecular complexity index is 1030. The van der Waals surface area contributed by atoms with Crippen molar-refractivity contribution in [2.24, 2.45) is 7.05 Å². The quantitative estimate of drug-likeness (QED) is 0.508. The van der Waals surface area contributed by atoms with E-state index >= 15 is 0 Å². The Morgan fingerprint density at radius 1 is 1.16 bits per heavy atom. The lowest BCUT2D eigenvalue weighted by Crippen LogP contribution is -2.32. The van der Waals surface area contributed by atoms with Crippen molar-refractivity contribution in [2.75, 3.05) is 20.8 Å². The van der Waals surface area contributed by atoms with Crippen molar-refractivity contribution in [3.8, 4) is 17.2 Å². The summed E-state index contributed by atoms with van der Waals surface area (Å²) >= 11 is 12.1. The standard InChI is InChI=1S/C22H23Cl2N3O4/c1-27-9-8-25-22(27)21(14-11-15(29-2)13-16(12-14)30-3)26-19(28)7-10-31-18-6-4-5-17(23)20(18)24/h4-6,8-9,11-13,21H,7,10H2,1-3H3,(H,26,28). The first kappa shape index (κ1) is 22.8. The second-order valence-electron chi connectivity index (χ2n) is 6.69. The van der Waals surface area contributed by atoms with E-state index in [1.165, 1.54) is 0 Å². The zero-order chi connectivity index (χ0) is 22.4. The number of aryl methyl sites for hydroxylation is 1. The van der Waals surface area contributed by atoms with Crippen molar-refractivity contribution in [1.29, 1.82) is 0 Å². The molecule has 1 aromatic heterocycles. The van der Waals surface area contributed by atoms with Crippen molar-refractivity contribution < 1.29 is 19.0 Å². The first-order chi connectivity index (χ1) is 14.9. The molecule has 0 aliphatic heterocycles. The Hall–Kier alpha value is -2.90. The summed E-state index contributed by atoms with van der Waals surface area (Å²) in [4.78, 5) is 17.1. The van der Waals surface area contributed by atoms with Crippen molar-refractivity contribution in [2.45, 2.75) is 12.5 Å². The molecule has 1 amide bonds. The van der Waals surface area contributed by atoms with Crippen molar-refractivity contribution in [3.05, 3.63) is 70.2 Å². The summed E-state index contributed by atoms with van der Waals surface area (Å²) in [6.45, 7) is 0.139. The topological polar surface area (TPSA) is 74.6 Å². The summed E-state index contributed by atoms with van der Waals surface area (Å²) in [5, 5.41) is 3.73. The predicted molar refractivity (Wildman–Crippen MR) is 119 cm³/mol. The molecule has 0 fully saturated rings. The first-order valence-corrected chi connectivity index (χ1v) is 10.2. The maximum atomic E-state index is 12.7. The molecule has 31 heavy (non-hydrogen) atoms. The normalized spacial score (nSPS) is 11.6. The molecule has 0 aliphatic carbocycles. The number of rotatable bonds is 9. The second kappa shape index (κ2) is 10.4. The minimum atomic E-state index is -0.508. The highest BCUT2D eigenvalue weighted by Gasteiger charge is 2.22. The molecule has 0 saturated heterocycles. The molecule has 0 spiro atoms. The molecule has 9 heteroatoms. The molecule has 7 nitrogen and oxygen atoms in total. The minimum Gasteiger partial charge on any atom is -0.497 e. The highest BCUT2D eigenvalue weighted by atomic mass is 35.5. The van der Waals surface area contributed by atoms with Gasteiger partial charge in [0.05, 0.1) is 32.3 Å². The van der Waals surface area contributed by atoms with Gasteiger partial charge < -0.3 is 24.1 Å². The molecule has 3 rings (SSSR count). The van der Waals surface area contributed by atoms with Crippen LogP contribution >= 0.6 is 23.2 Å². The van der Waals surface area contributed by atoms with Crippen molar-refractivity contribution in [3.63, 3.8) is 0 Å². The lowest BCUT2D eigenvalue weighted by molar-refractivity contribution is -0.122. The van der Waals surface area contributed by atoms with Crippen molar-refractivity contribution in [1.82, 2.24) is 14.9 Å². The molecule has 3 aromatic rings. The molecule has 2 aromatic carbocycles. The molecule has 1 N–H and O–H groups in total. The SMILES string of the molecule is COc1cc(OC)cc(C(NC(=O)CCOc2cccc(Cl)c2Cl)c2nccn2C)c1. The molecular weight excluding hydrogens is 441 g/mol. The van der Waals surface area contributed by atoms with E-state index in [2.05, 4.69) is 10.3 Å². The monoisotopic (exact) mass is 463 g/mol. The molecular formula is C22H23Cl2N3O4. The lowest BCUT2D eigenvalue weighted by Gasteiger charge is -2.20. The maximum Gasteiger partial charge on any atom is 0.224 e. The van der Waals surface area contributed by atoms with Crippen LogP contribution in [0.25, 0.3) is 0 Å². The minimum absolute atomic E-state index is 0.116. The van der Waals surface area contributed by atoms with Gasteiger partial charge in [-0.15, -0.1) is 0 Å². The average Bonchev–Trinajstić information content (AvgIpc) is 3.20. The molecule has 1 atom stereocenters.